The minimum Gasteiger partial charge on any atom is -0.481 e. The highest BCUT2D eigenvalue weighted by molar-refractivity contribution is 9.10. The molecule has 0 spiro atoms. The topological polar surface area (TPSA) is 63.3 Å². The molecule has 1 unspecified atom stereocenters. The molecular formula is C10H9BrF3NO2. The quantitative estimate of drug-likeness (QED) is 0.664. The van der Waals surface area contributed by atoms with Crippen LogP contribution in [0.4, 0.5) is 13.2 Å². The average Bonchev–Trinajstić information content (AvgIpc) is 2.28. The van der Waals surface area contributed by atoms with Gasteiger partial charge >= 0.3 is 5.97 Å². The molecule has 17 heavy (non-hydrogen) atoms. The molecule has 0 saturated carbocycles. The van der Waals surface area contributed by atoms with Gasteiger partial charge in [0, 0.05) is 18.0 Å². The first-order valence-electron chi connectivity index (χ1n) is 4.64. The van der Waals surface area contributed by atoms with Crippen molar-refractivity contribution in [3.63, 3.8) is 0 Å². The number of hydrogen-bond acceptors (Lipinski definition) is 2. The second-order valence-corrected chi connectivity index (χ2v) is 4.28. The summed E-state index contributed by atoms with van der Waals surface area (Å²) in [6, 6.07) is 0.0118. The maximum atomic E-state index is 13.4. The van der Waals surface area contributed by atoms with Crippen LogP contribution in [-0.2, 0) is 4.79 Å². The molecule has 1 rings (SSSR count). The van der Waals surface area contributed by atoms with Gasteiger partial charge < -0.3 is 10.8 Å². The summed E-state index contributed by atoms with van der Waals surface area (Å²) in [5.74, 6) is -5.44. The smallest absolute Gasteiger partial charge is 0.303 e. The first kappa shape index (κ1) is 14.0. The zero-order valence-corrected chi connectivity index (χ0v) is 10.1. The summed E-state index contributed by atoms with van der Waals surface area (Å²) < 4.78 is 39.1. The van der Waals surface area contributed by atoms with Gasteiger partial charge in [-0.05, 0) is 28.4 Å². The van der Waals surface area contributed by atoms with E-state index >= 15 is 0 Å². The van der Waals surface area contributed by atoms with Crippen LogP contribution in [0.2, 0.25) is 0 Å². The Labute approximate surface area is 104 Å². The van der Waals surface area contributed by atoms with Gasteiger partial charge in [0.15, 0.2) is 17.5 Å². The molecular weight excluding hydrogens is 303 g/mol. The lowest BCUT2D eigenvalue weighted by Gasteiger charge is -2.13. The van der Waals surface area contributed by atoms with Crippen LogP contribution in [-0.4, -0.2) is 11.1 Å². The highest BCUT2D eigenvalue weighted by Crippen LogP contribution is 2.28. The summed E-state index contributed by atoms with van der Waals surface area (Å²) in [4.78, 5) is 10.3. The molecule has 0 aromatic heterocycles. The Kier molecular flexibility index (Phi) is 4.53. The molecule has 0 fully saturated rings. The van der Waals surface area contributed by atoms with E-state index in [2.05, 4.69) is 15.9 Å². The molecule has 0 amide bonds. The number of nitrogens with two attached hydrogens (primary N) is 1. The third-order valence-corrected chi connectivity index (χ3v) is 2.78. The maximum Gasteiger partial charge on any atom is 0.303 e. The van der Waals surface area contributed by atoms with E-state index in [0.717, 1.165) is 6.07 Å². The van der Waals surface area contributed by atoms with Crippen LogP contribution in [0.5, 0.6) is 0 Å². The summed E-state index contributed by atoms with van der Waals surface area (Å²) >= 11 is 2.73. The van der Waals surface area contributed by atoms with E-state index in [-0.39, 0.29) is 22.9 Å². The van der Waals surface area contributed by atoms with Crippen molar-refractivity contribution in [2.75, 3.05) is 0 Å². The third kappa shape index (κ3) is 3.19. The van der Waals surface area contributed by atoms with Gasteiger partial charge in [-0.25, -0.2) is 13.2 Å². The summed E-state index contributed by atoms with van der Waals surface area (Å²) in [5, 5.41) is 8.44. The lowest BCUT2D eigenvalue weighted by molar-refractivity contribution is -0.137. The van der Waals surface area contributed by atoms with Gasteiger partial charge in [-0.15, -0.1) is 0 Å². The van der Waals surface area contributed by atoms with Gasteiger partial charge in [-0.1, -0.05) is 0 Å². The van der Waals surface area contributed by atoms with E-state index in [9.17, 15) is 18.0 Å². The summed E-state index contributed by atoms with van der Waals surface area (Å²) in [7, 11) is 0. The van der Waals surface area contributed by atoms with E-state index < -0.39 is 29.5 Å². The Balaban J connectivity index is 3.02. The number of hydrogen-bond donors (Lipinski definition) is 2. The van der Waals surface area contributed by atoms with E-state index in [4.69, 9.17) is 10.8 Å². The van der Waals surface area contributed by atoms with E-state index in [1.807, 2.05) is 0 Å². The van der Waals surface area contributed by atoms with Crippen LogP contribution in [0.25, 0.3) is 0 Å². The molecule has 0 saturated heterocycles. The van der Waals surface area contributed by atoms with Gasteiger partial charge in [0.05, 0.1) is 4.47 Å². The van der Waals surface area contributed by atoms with Crippen molar-refractivity contribution in [2.24, 2.45) is 5.73 Å². The SMILES string of the molecule is NC(CCC(=O)O)c1cc(Br)c(F)c(F)c1F. The monoisotopic (exact) mass is 311 g/mol. The van der Waals surface area contributed by atoms with Gasteiger partial charge in [0.25, 0.3) is 0 Å². The van der Waals surface area contributed by atoms with Crippen LogP contribution in [0.3, 0.4) is 0 Å². The Hall–Kier alpha value is -1.08. The molecule has 1 aromatic rings. The fourth-order valence-electron chi connectivity index (χ4n) is 1.30. The standard InChI is InChI=1S/C10H9BrF3NO2/c11-5-3-4(6(15)1-2-7(16)17)8(12)10(14)9(5)13/h3,6H,1-2,15H2,(H,16,17). The summed E-state index contributed by atoms with van der Waals surface area (Å²) in [6.45, 7) is 0. The van der Waals surface area contributed by atoms with E-state index in [1.54, 1.807) is 0 Å². The Morgan fingerprint density at radius 3 is 2.47 bits per heavy atom. The fraction of sp³-hybridized carbons (Fsp3) is 0.300. The van der Waals surface area contributed by atoms with Crippen molar-refractivity contribution in [3.05, 3.63) is 33.6 Å². The number of carbonyl (C=O) groups is 1. The summed E-state index contributed by atoms with van der Waals surface area (Å²) in [6.07, 6.45) is -0.346. The predicted octanol–water partition coefficient (Wildman–Crippen LogP) is 2.73. The van der Waals surface area contributed by atoms with Crippen molar-refractivity contribution in [3.8, 4) is 0 Å². The van der Waals surface area contributed by atoms with Gasteiger partial charge in [0.1, 0.15) is 0 Å². The van der Waals surface area contributed by atoms with Crippen molar-refractivity contribution in [1.29, 1.82) is 0 Å². The maximum absolute atomic E-state index is 13.4. The highest BCUT2D eigenvalue weighted by Gasteiger charge is 2.21. The molecule has 0 bridgehead atoms. The van der Waals surface area contributed by atoms with Crippen LogP contribution < -0.4 is 5.73 Å². The lowest BCUT2D eigenvalue weighted by Crippen LogP contribution is -2.15. The Morgan fingerprint density at radius 2 is 1.94 bits per heavy atom. The third-order valence-electron chi connectivity index (χ3n) is 2.20. The molecule has 3 nitrogen and oxygen atoms in total. The number of carboxylic acid groups (broad SMARTS) is 1. The largest absolute Gasteiger partial charge is 0.481 e. The molecule has 94 valence electrons. The second-order valence-electron chi connectivity index (χ2n) is 3.43. The second kappa shape index (κ2) is 5.50. The predicted molar refractivity (Wildman–Crippen MR) is 57.8 cm³/mol. The molecule has 1 aromatic carbocycles. The van der Waals surface area contributed by atoms with E-state index in [0.29, 0.717) is 0 Å². The van der Waals surface area contributed by atoms with Crippen LogP contribution >= 0.6 is 15.9 Å². The molecule has 0 aliphatic carbocycles. The number of benzene rings is 1. The molecule has 0 aliphatic rings. The lowest BCUT2D eigenvalue weighted by atomic mass is 10.0. The van der Waals surface area contributed by atoms with Gasteiger partial charge in [-0.2, -0.15) is 0 Å². The number of rotatable bonds is 4. The van der Waals surface area contributed by atoms with Gasteiger partial charge in [0.2, 0.25) is 0 Å². The highest BCUT2D eigenvalue weighted by atomic mass is 79.9. The van der Waals surface area contributed by atoms with Crippen molar-refractivity contribution < 1.29 is 23.1 Å². The first-order chi connectivity index (χ1) is 7.84. The first-order valence-corrected chi connectivity index (χ1v) is 5.44. The van der Waals surface area contributed by atoms with E-state index in [1.165, 1.54) is 0 Å². The minimum absolute atomic E-state index is 0.0657. The van der Waals surface area contributed by atoms with Crippen LogP contribution in [0.1, 0.15) is 24.4 Å². The Morgan fingerprint density at radius 1 is 1.35 bits per heavy atom. The molecule has 7 heteroatoms. The normalized spacial score (nSPS) is 12.5. The molecule has 1 atom stereocenters. The van der Waals surface area contributed by atoms with Crippen LogP contribution in [0, 0.1) is 17.5 Å². The number of carboxylic acids is 1. The van der Waals surface area contributed by atoms with Gasteiger partial charge in [-0.3, -0.25) is 4.79 Å². The number of halogens is 4. The van der Waals surface area contributed by atoms with Crippen molar-refractivity contribution in [2.45, 2.75) is 18.9 Å². The average molecular weight is 312 g/mol. The molecule has 0 radical (unpaired) electrons. The fourth-order valence-corrected chi connectivity index (χ4v) is 1.72. The minimum atomic E-state index is -1.62. The molecule has 0 heterocycles. The van der Waals surface area contributed by atoms with Crippen molar-refractivity contribution >= 4 is 21.9 Å². The zero-order chi connectivity index (χ0) is 13.2. The van der Waals surface area contributed by atoms with Crippen molar-refractivity contribution in [1.82, 2.24) is 0 Å². The molecule has 3 N–H and O–H groups in total. The zero-order valence-electron chi connectivity index (χ0n) is 8.51. The summed E-state index contributed by atoms with van der Waals surface area (Å²) in [5.41, 5.74) is 5.27. The Bertz CT molecular complexity index is 454. The molecule has 0 aliphatic heterocycles. The van der Waals surface area contributed by atoms with Crippen LogP contribution in [0.15, 0.2) is 10.5 Å². The number of aliphatic carboxylic acids is 1.